The summed E-state index contributed by atoms with van der Waals surface area (Å²) >= 11 is 0. The normalized spacial score (nSPS) is 17.7. The fraction of sp³-hybridized carbons (Fsp3) is 0.600. The van der Waals surface area contributed by atoms with E-state index in [0.29, 0.717) is 0 Å². The highest BCUT2D eigenvalue weighted by molar-refractivity contribution is 5.67. The minimum Gasteiger partial charge on any atom is -0.368 e. The molecule has 1 N–H and O–H groups in total. The number of piperidine rings is 1. The van der Waals surface area contributed by atoms with Crippen molar-refractivity contribution in [3.05, 3.63) is 24.2 Å². The highest BCUT2D eigenvalue weighted by atomic mass is 15.2. The van der Waals surface area contributed by atoms with Crippen LogP contribution in [0.1, 0.15) is 25.5 Å². The van der Waals surface area contributed by atoms with E-state index in [0.717, 1.165) is 29.5 Å². The van der Waals surface area contributed by atoms with Gasteiger partial charge in [0, 0.05) is 18.9 Å². The smallest absolute Gasteiger partial charge is 0.152 e. The zero-order valence-electron chi connectivity index (χ0n) is 12.3. The molecule has 5 nitrogen and oxygen atoms in total. The van der Waals surface area contributed by atoms with E-state index in [1.165, 1.54) is 32.5 Å². The van der Waals surface area contributed by atoms with E-state index in [-0.39, 0.29) is 0 Å². The topological polar surface area (TPSA) is 45.5 Å². The Hall–Kier alpha value is -1.62. The standard InChI is InChI=1S/C15H23N5/c1-3-19-7-4-13(5-8-19)11-17-15-14-10-12(2)18-20(14)9-6-16-15/h6,9-10,13H,3-5,7-8,11H2,1-2H3,(H,16,17). The second-order valence-corrected chi connectivity index (χ2v) is 5.65. The minimum atomic E-state index is 0.754. The van der Waals surface area contributed by atoms with Gasteiger partial charge in [-0.05, 0) is 51.4 Å². The van der Waals surface area contributed by atoms with Crippen molar-refractivity contribution in [2.45, 2.75) is 26.7 Å². The van der Waals surface area contributed by atoms with Gasteiger partial charge in [0.1, 0.15) is 5.52 Å². The van der Waals surface area contributed by atoms with Crippen molar-refractivity contribution in [1.29, 1.82) is 0 Å². The van der Waals surface area contributed by atoms with Gasteiger partial charge in [-0.15, -0.1) is 0 Å². The van der Waals surface area contributed by atoms with Gasteiger partial charge in [0.25, 0.3) is 0 Å². The molecule has 1 fully saturated rings. The number of rotatable bonds is 4. The van der Waals surface area contributed by atoms with Gasteiger partial charge in [-0.1, -0.05) is 6.92 Å². The first-order chi connectivity index (χ1) is 9.76. The van der Waals surface area contributed by atoms with Gasteiger partial charge in [-0.25, -0.2) is 9.50 Å². The summed E-state index contributed by atoms with van der Waals surface area (Å²) in [6.07, 6.45) is 6.26. The molecule has 1 aliphatic heterocycles. The van der Waals surface area contributed by atoms with Crippen LogP contribution < -0.4 is 5.32 Å². The van der Waals surface area contributed by atoms with Crippen molar-refractivity contribution < 1.29 is 0 Å². The van der Waals surface area contributed by atoms with Crippen molar-refractivity contribution in [2.24, 2.45) is 5.92 Å². The van der Waals surface area contributed by atoms with Crippen molar-refractivity contribution in [3.63, 3.8) is 0 Å². The summed E-state index contributed by atoms with van der Waals surface area (Å²) in [6.45, 7) is 8.89. The second kappa shape index (κ2) is 5.79. The van der Waals surface area contributed by atoms with Crippen molar-refractivity contribution in [3.8, 4) is 0 Å². The summed E-state index contributed by atoms with van der Waals surface area (Å²) in [7, 11) is 0. The predicted molar refractivity (Wildman–Crippen MR) is 81.1 cm³/mol. The number of aryl methyl sites for hydroxylation is 1. The minimum absolute atomic E-state index is 0.754. The molecule has 1 saturated heterocycles. The number of nitrogens with one attached hydrogen (secondary N) is 1. The number of aromatic nitrogens is 3. The maximum Gasteiger partial charge on any atom is 0.152 e. The summed E-state index contributed by atoms with van der Waals surface area (Å²) in [5, 5.41) is 7.93. The lowest BCUT2D eigenvalue weighted by Gasteiger charge is -2.31. The lowest BCUT2D eigenvalue weighted by Crippen LogP contribution is -2.35. The van der Waals surface area contributed by atoms with E-state index in [1.807, 2.05) is 23.8 Å². The zero-order chi connectivity index (χ0) is 13.9. The third kappa shape index (κ3) is 2.77. The van der Waals surface area contributed by atoms with Crippen LogP contribution in [0.2, 0.25) is 0 Å². The maximum atomic E-state index is 4.45. The fourth-order valence-electron chi connectivity index (χ4n) is 2.93. The zero-order valence-corrected chi connectivity index (χ0v) is 12.3. The van der Waals surface area contributed by atoms with Gasteiger partial charge in [-0.3, -0.25) is 0 Å². The molecule has 0 bridgehead atoms. The Labute approximate surface area is 120 Å². The molecule has 20 heavy (non-hydrogen) atoms. The molecule has 0 amide bonds. The van der Waals surface area contributed by atoms with Gasteiger partial charge >= 0.3 is 0 Å². The highest BCUT2D eigenvalue weighted by Gasteiger charge is 2.18. The quantitative estimate of drug-likeness (QED) is 0.927. The molecule has 0 unspecified atom stereocenters. The lowest BCUT2D eigenvalue weighted by atomic mass is 9.97. The van der Waals surface area contributed by atoms with E-state index in [2.05, 4.69) is 33.3 Å². The molecule has 0 saturated carbocycles. The molecule has 0 radical (unpaired) electrons. The van der Waals surface area contributed by atoms with Crippen LogP contribution in [-0.2, 0) is 0 Å². The first-order valence-electron chi connectivity index (χ1n) is 7.53. The molecular formula is C15H23N5. The molecule has 108 valence electrons. The molecule has 3 heterocycles. The molecule has 3 rings (SSSR count). The number of fused-ring (bicyclic) bond motifs is 1. The van der Waals surface area contributed by atoms with Crippen LogP contribution >= 0.6 is 0 Å². The van der Waals surface area contributed by atoms with Crippen LogP contribution in [-0.4, -0.2) is 45.7 Å². The number of hydrogen-bond donors (Lipinski definition) is 1. The summed E-state index contributed by atoms with van der Waals surface area (Å²) in [4.78, 5) is 6.98. The SMILES string of the molecule is CCN1CCC(CNc2nccn3nc(C)cc23)CC1. The molecular weight excluding hydrogens is 250 g/mol. The fourth-order valence-corrected chi connectivity index (χ4v) is 2.93. The number of anilines is 1. The summed E-state index contributed by atoms with van der Waals surface area (Å²) in [5.41, 5.74) is 2.09. The Morgan fingerprint density at radius 3 is 2.90 bits per heavy atom. The van der Waals surface area contributed by atoms with Crippen LogP contribution in [0.3, 0.4) is 0 Å². The summed E-state index contributed by atoms with van der Waals surface area (Å²) < 4.78 is 1.89. The van der Waals surface area contributed by atoms with E-state index in [4.69, 9.17) is 0 Å². The van der Waals surface area contributed by atoms with Gasteiger partial charge in [0.05, 0.1) is 5.69 Å². The first-order valence-corrected chi connectivity index (χ1v) is 7.53. The van der Waals surface area contributed by atoms with Crippen LogP contribution in [0.25, 0.3) is 5.52 Å². The molecule has 2 aromatic rings. The maximum absolute atomic E-state index is 4.45. The number of likely N-dealkylation sites (tertiary alicyclic amines) is 1. The first kappa shape index (κ1) is 13.4. The molecule has 0 aromatic carbocycles. The third-order valence-electron chi connectivity index (χ3n) is 4.22. The lowest BCUT2D eigenvalue weighted by molar-refractivity contribution is 0.198. The van der Waals surface area contributed by atoms with Crippen LogP contribution in [0.5, 0.6) is 0 Å². The molecule has 0 atom stereocenters. The van der Waals surface area contributed by atoms with Crippen molar-refractivity contribution in [1.82, 2.24) is 19.5 Å². The number of nitrogens with zero attached hydrogens (tertiary/aromatic N) is 4. The molecule has 2 aromatic heterocycles. The monoisotopic (exact) mass is 273 g/mol. The van der Waals surface area contributed by atoms with Gasteiger partial charge < -0.3 is 10.2 Å². The van der Waals surface area contributed by atoms with Crippen molar-refractivity contribution >= 4 is 11.3 Å². The Kier molecular flexibility index (Phi) is 3.87. The number of hydrogen-bond acceptors (Lipinski definition) is 4. The van der Waals surface area contributed by atoms with E-state index < -0.39 is 0 Å². The van der Waals surface area contributed by atoms with E-state index in [1.54, 1.807) is 0 Å². The average molecular weight is 273 g/mol. The van der Waals surface area contributed by atoms with E-state index >= 15 is 0 Å². The van der Waals surface area contributed by atoms with Crippen LogP contribution in [0.4, 0.5) is 5.82 Å². The summed E-state index contributed by atoms with van der Waals surface area (Å²) in [5.74, 6) is 1.70. The Morgan fingerprint density at radius 1 is 1.35 bits per heavy atom. The van der Waals surface area contributed by atoms with E-state index in [9.17, 15) is 0 Å². The predicted octanol–water partition coefficient (Wildman–Crippen LogP) is 2.18. The van der Waals surface area contributed by atoms with Crippen molar-refractivity contribution in [2.75, 3.05) is 31.5 Å². The molecule has 0 spiro atoms. The van der Waals surface area contributed by atoms with Crippen LogP contribution in [0.15, 0.2) is 18.5 Å². The van der Waals surface area contributed by atoms with Crippen LogP contribution in [0, 0.1) is 12.8 Å². The van der Waals surface area contributed by atoms with Gasteiger partial charge in [0.15, 0.2) is 5.82 Å². The molecule has 5 heteroatoms. The van der Waals surface area contributed by atoms with Gasteiger partial charge in [-0.2, -0.15) is 5.10 Å². The second-order valence-electron chi connectivity index (χ2n) is 5.65. The Bertz CT molecular complexity index is 569. The molecule has 1 aliphatic rings. The largest absolute Gasteiger partial charge is 0.368 e. The molecule has 0 aliphatic carbocycles. The average Bonchev–Trinajstić information content (AvgIpc) is 2.86. The highest BCUT2D eigenvalue weighted by Crippen LogP contribution is 2.19. The summed E-state index contributed by atoms with van der Waals surface area (Å²) in [6, 6.07) is 2.08. The Morgan fingerprint density at radius 2 is 2.15 bits per heavy atom. The Balaban J connectivity index is 1.63. The third-order valence-corrected chi connectivity index (χ3v) is 4.22. The van der Waals surface area contributed by atoms with Gasteiger partial charge in [0.2, 0.25) is 0 Å².